The topological polar surface area (TPSA) is 62.2 Å². The van der Waals surface area contributed by atoms with Crippen LogP contribution in [-0.2, 0) is 6.42 Å². The Morgan fingerprint density at radius 1 is 1.35 bits per heavy atom. The molecule has 0 spiro atoms. The summed E-state index contributed by atoms with van der Waals surface area (Å²) in [5.74, 6) is -0.402. The van der Waals surface area contributed by atoms with Gasteiger partial charge in [-0.2, -0.15) is 0 Å². The molecule has 2 heterocycles. The number of benzene rings is 1. The van der Waals surface area contributed by atoms with Crippen molar-refractivity contribution in [2.24, 2.45) is 11.8 Å². The van der Waals surface area contributed by atoms with E-state index >= 15 is 0 Å². The van der Waals surface area contributed by atoms with Crippen molar-refractivity contribution < 1.29 is 19.7 Å². The Balaban J connectivity index is 1.86. The fourth-order valence-electron chi connectivity index (χ4n) is 4.36. The number of rotatable bonds is 1. The molecule has 0 aromatic heterocycles. The van der Waals surface area contributed by atoms with Gasteiger partial charge in [0.1, 0.15) is 0 Å². The average molecular weight is 317 g/mol. The number of piperidine rings is 1. The third kappa shape index (κ3) is 2.35. The van der Waals surface area contributed by atoms with E-state index in [9.17, 15) is 10.2 Å². The minimum atomic E-state index is -1.95. The Hall–Kier alpha value is -1.56. The predicted molar refractivity (Wildman–Crippen MR) is 85.4 cm³/mol. The molecular formula is C18H23NO4. The Morgan fingerprint density at radius 3 is 2.96 bits per heavy atom. The van der Waals surface area contributed by atoms with Crippen LogP contribution in [0.3, 0.4) is 0 Å². The van der Waals surface area contributed by atoms with Gasteiger partial charge in [0, 0.05) is 12.0 Å². The molecule has 1 aromatic carbocycles. The summed E-state index contributed by atoms with van der Waals surface area (Å²) in [6, 6.07) is 6.27. The smallest absolute Gasteiger partial charge is 0.221 e. The van der Waals surface area contributed by atoms with E-state index in [1.165, 1.54) is 11.6 Å². The molecule has 2 N–H and O–H groups in total. The number of likely N-dealkylation sites (tertiary alicyclic amines) is 1. The lowest BCUT2D eigenvalue weighted by Gasteiger charge is -2.49. The van der Waals surface area contributed by atoms with Crippen LogP contribution in [0, 0.1) is 11.8 Å². The molecule has 23 heavy (non-hydrogen) atoms. The van der Waals surface area contributed by atoms with Gasteiger partial charge < -0.3 is 24.6 Å². The van der Waals surface area contributed by atoms with Gasteiger partial charge in [-0.25, -0.2) is 0 Å². The fraction of sp³-hybridized carbons (Fsp3) is 0.556. The van der Waals surface area contributed by atoms with Crippen LogP contribution in [0.15, 0.2) is 30.4 Å². The van der Waals surface area contributed by atoms with Crippen LogP contribution in [0.1, 0.15) is 12.0 Å². The van der Waals surface area contributed by atoms with Crippen LogP contribution in [0.2, 0.25) is 0 Å². The molecule has 4 atom stereocenters. The van der Waals surface area contributed by atoms with E-state index in [2.05, 4.69) is 18.0 Å². The molecule has 1 aliphatic carbocycles. The largest absolute Gasteiger partial charge is 0.493 e. The molecule has 1 saturated heterocycles. The molecule has 5 nitrogen and oxygen atoms in total. The summed E-state index contributed by atoms with van der Waals surface area (Å²) >= 11 is 0. The van der Waals surface area contributed by atoms with E-state index in [4.69, 9.17) is 9.47 Å². The standard InChI is InChI=1S/C18H23NO4/c1-19-8-6-13-12-5-7-18(20,21)17(13)23-16-10-11(9-14(12)19)3-4-15(16)22-2/h3-5,7,10,12-14,17,20-21H,6,8-9H2,1-2H3/t12-,13+,14-,17-/m1/s1. The second-order valence-corrected chi connectivity index (χ2v) is 6.95. The van der Waals surface area contributed by atoms with Gasteiger partial charge in [0.25, 0.3) is 0 Å². The van der Waals surface area contributed by atoms with E-state index in [1.54, 1.807) is 7.11 Å². The van der Waals surface area contributed by atoms with Crippen LogP contribution in [0.4, 0.5) is 0 Å². The van der Waals surface area contributed by atoms with Crippen molar-refractivity contribution in [2.75, 3.05) is 20.7 Å². The normalized spacial score (nSPS) is 34.8. The monoisotopic (exact) mass is 317 g/mol. The molecule has 0 amide bonds. The van der Waals surface area contributed by atoms with Crippen LogP contribution in [0.5, 0.6) is 11.5 Å². The molecule has 3 aliphatic rings. The number of methoxy groups -OCH3 is 1. The lowest BCUT2D eigenvalue weighted by molar-refractivity contribution is -0.211. The van der Waals surface area contributed by atoms with Crippen LogP contribution in [-0.4, -0.2) is 53.7 Å². The maximum absolute atomic E-state index is 10.5. The maximum Gasteiger partial charge on any atom is 0.221 e. The molecule has 0 radical (unpaired) electrons. The van der Waals surface area contributed by atoms with Gasteiger partial charge >= 0.3 is 0 Å². The summed E-state index contributed by atoms with van der Waals surface area (Å²) < 4.78 is 11.5. The molecular weight excluding hydrogens is 294 g/mol. The predicted octanol–water partition coefficient (Wildman–Crippen LogP) is 1.19. The summed E-state index contributed by atoms with van der Waals surface area (Å²) in [5, 5.41) is 20.9. The number of ether oxygens (including phenoxy) is 2. The van der Waals surface area contributed by atoms with Crippen molar-refractivity contribution in [3.63, 3.8) is 0 Å². The van der Waals surface area contributed by atoms with Gasteiger partial charge in [-0.15, -0.1) is 0 Å². The zero-order valence-electron chi connectivity index (χ0n) is 13.5. The van der Waals surface area contributed by atoms with Crippen molar-refractivity contribution in [3.8, 4) is 11.5 Å². The zero-order chi connectivity index (χ0) is 16.2. The summed E-state index contributed by atoms with van der Waals surface area (Å²) in [6.45, 7) is 0.933. The highest BCUT2D eigenvalue weighted by Crippen LogP contribution is 2.44. The summed E-state index contributed by atoms with van der Waals surface area (Å²) in [6.07, 6.45) is 4.57. The van der Waals surface area contributed by atoms with Crippen molar-refractivity contribution in [1.82, 2.24) is 4.90 Å². The molecule has 124 valence electrons. The number of likely N-dealkylation sites (N-methyl/N-ethyl adjacent to an activating group) is 1. The molecule has 2 aliphatic heterocycles. The van der Waals surface area contributed by atoms with Gasteiger partial charge in [-0.3, -0.25) is 0 Å². The summed E-state index contributed by atoms with van der Waals surface area (Å²) in [4.78, 5) is 2.37. The van der Waals surface area contributed by atoms with Gasteiger partial charge in [0.2, 0.25) is 5.79 Å². The molecule has 4 rings (SSSR count). The first-order valence-corrected chi connectivity index (χ1v) is 8.17. The Morgan fingerprint density at radius 2 is 2.17 bits per heavy atom. The van der Waals surface area contributed by atoms with Crippen molar-refractivity contribution in [1.29, 1.82) is 0 Å². The highest BCUT2D eigenvalue weighted by atomic mass is 16.6. The van der Waals surface area contributed by atoms with Gasteiger partial charge in [0.15, 0.2) is 17.6 Å². The van der Waals surface area contributed by atoms with E-state index < -0.39 is 11.9 Å². The third-order valence-corrected chi connectivity index (χ3v) is 5.62. The van der Waals surface area contributed by atoms with Crippen molar-refractivity contribution >= 4 is 0 Å². The quantitative estimate of drug-likeness (QED) is 0.602. The van der Waals surface area contributed by atoms with E-state index in [0.29, 0.717) is 17.5 Å². The summed E-state index contributed by atoms with van der Waals surface area (Å²) in [7, 11) is 3.75. The number of aliphatic hydroxyl groups is 2. The molecule has 6 bridgehead atoms. The van der Waals surface area contributed by atoms with Gasteiger partial charge in [0.05, 0.1) is 7.11 Å². The Labute approximate surface area is 136 Å². The maximum atomic E-state index is 10.5. The SMILES string of the molecule is COc1ccc2cc1O[C@@H]1[C@H]3CCN(C)[C@H](C2)[C@@H]3C=CC1(O)O. The molecule has 1 aromatic rings. The highest BCUT2D eigenvalue weighted by Gasteiger charge is 2.51. The minimum absolute atomic E-state index is 0.0788. The number of hydrogen-bond acceptors (Lipinski definition) is 5. The Kier molecular flexibility index (Phi) is 3.41. The van der Waals surface area contributed by atoms with E-state index in [-0.39, 0.29) is 11.8 Å². The molecule has 0 unspecified atom stereocenters. The fourth-order valence-corrected chi connectivity index (χ4v) is 4.36. The highest BCUT2D eigenvalue weighted by molar-refractivity contribution is 5.44. The lowest BCUT2D eigenvalue weighted by Crippen LogP contribution is -2.59. The third-order valence-electron chi connectivity index (χ3n) is 5.62. The van der Waals surface area contributed by atoms with E-state index in [1.807, 2.05) is 18.2 Å². The first-order valence-electron chi connectivity index (χ1n) is 8.17. The molecule has 1 fully saturated rings. The second kappa shape index (κ2) is 5.23. The van der Waals surface area contributed by atoms with E-state index in [0.717, 1.165) is 19.4 Å². The number of nitrogens with zero attached hydrogens (tertiary/aromatic N) is 1. The van der Waals surface area contributed by atoms with Crippen molar-refractivity contribution in [2.45, 2.75) is 30.8 Å². The Bertz CT molecular complexity index is 642. The molecule has 5 heteroatoms. The number of hydrogen-bond donors (Lipinski definition) is 2. The first kappa shape index (κ1) is 15.0. The minimum Gasteiger partial charge on any atom is -0.493 e. The van der Waals surface area contributed by atoms with Crippen LogP contribution >= 0.6 is 0 Å². The average Bonchev–Trinajstić information content (AvgIpc) is 2.54. The number of fused-ring (bicyclic) bond motifs is 2. The summed E-state index contributed by atoms with van der Waals surface area (Å²) in [5.41, 5.74) is 1.18. The van der Waals surface area contributed by atoms with Crippen molar-refractivity contribution in [3.05, 3.63) is 35.9 Å². The molecule has 0 saturated carbocycles. The van der Waals surface area contributed by atoms with Gasteiger partial charge in [-0.1, -0.05) is 12.1 Å². The zero-order valence-corrected chi connectivity index (χ0v) is 13.5. The second-order valence-electron chi connectivity index (χ2n) is 6.95. The van der Waals surface area contributed by atoms with Crippen LogP contribution < -0.4 is 9.47 Å². The lowest BCUT2D eigenvalue weighted by atomic mass is 9.70. The first-order chi connectivity index (χ1) is 11.0. The van der Waals surface area contributed by atoms with Crippen LogP contribution in [0.25, 0.3) is 0 Å². The van der Waals surface area contributed by atoms with Gasteiger partial charge in [-0.05, 0) is 56.1 Å².